The van der Waals surface area contributed by atoms with E-state index in [1.807, 2.05) is 0 Å². The molecular weight excluding hydrogens is 248 g/mol. The van der Waals surface area contributed by atoms with Gasteiger partial charge in [0.15, 0.2) is 8.32 Å². The third-order valence-electron chi connectivity index (χ3n) is 3.53. The molecule has 0 spiro atoms. The van der Waals surface area contributed by atoms with Crippen molar-refractivity contribution in [2.45, 2.75) is 58.4 Å². The zero-order chi connectivity index (χ0) is 14.0. The van der Waals surface area contributed by atoms with E-state index in [0.717, 1.165) is 12.8 Å². The normalized spacial score (nSPS) is 22.8. The molecule has 0 saturated heterocycles. The highest BCUT2D eigenvalue weighted by Gasteiger charge is 2.31. The van der Waals surface area contributed by atoms with Crippen LogP contribution in [0.25, 0.3) is 0 Å². The molecule has 19 heavy (non-hydrogen) atoms. The van der Waals surface area contributed by atoms with Crippen LogP contribution < -0.4 is 0 Å². The van der Waals surface area contributed by atoms with Crippen LogP contribution in [0.2, 0.25) is 19.6 Å². The molecule has 0 fully saturated rings. The largest absolute Gasteiger partial charge is 0.414 e. The number of allylic oxidation sites excluding steroid dienone is 1. The Kier molecular flexibility index (Phi) is 4.31. The Balaban J connectivity index is 2.34. The summed E-state index contributed by atoms with van der Waals surface area (Å²) in [4.78, 5) is 0. The molecule has 1 aromatic carbocycles. The van der Waals surface area contributed by atoms with E-state index < -0.39 is 8.32 Å². The topological polar surface area (TPSA) is 9.23 Å². The van der Waals surface area contributed by atoms with E-state index in [0.29, 0.717) is 12.0 Å². The second kappa shape index (κ2) is 5.64. The van der Waals surface area contributed by atoms with E-state index >= 15 is 0 Å². The van der Waals surface area contributed by atoms with Crippen LogP contribution in [0.4, 0.5) is 0 Å². The molecule has 1 aliphatic carbocycles. The molecule has 0 radical (unpaired) electrons. The van der Waals surface area contributed by atoms with Gasteiger partial charge in [-0.05, 0) is 57.5 Å². The Hall–Kier alpha value is -0.863. The van der Waals surface area contributed by atoms with Crippen LogP contribution in [0.5, 0.6) is 0 Å². The fourth-order valence-electron chi connectivity index (χ4n) is 2.91. The average molecular weight is 274 g/mol. The van der Waals surface area contributed by atoms with Gasteiger partial charge in [-0.15, -0.1) is 0 Å². The number of fused-ring (bicyclic) bond motifs is 1. The Morgan fingerprint density at radius 2 is 1.89 bits per heavy atom. The summed E-state index contributed by atoms with van der Waals surface area (Å²) in [5, 5.41) is 0. The molecule has 2 unspecified atom stereocenters. The lowest BCUT2D eigenvalue weighted by molar-refractivity contribution is 0.160. The number of hydrogen-bond acceptors (Lipinski definition) is 1. The monoisotopic (exact) mass is 274 g/mol. The summed E-state index contributed by atoms with van der Waals surface area (Å²) in [5.41, 5.74) is 4.35. The summed E-state index contributed by atoms with van der Waals surface area (Å²) in [6.07, 6.45) is 5.05. The van der Waals surface area contributed by atoms with Gasteiger partial charge >= 0.3 is 0 Å². The maximum Gasteiger partial charge on any atom is 0.184 e. The van der Waals surface area contributed by atoms with Crippen LogP contribution >= 0.6 is 0 Å². The van der Waals surface area contributed by atoms with Crippen molar-refractivity contribution in [2.75, 3.05) is 0 Å². The van der Waals surface area contributed by atoms with Crippen molar-refractivity contribution in [2.24, 2.45) is 0 Å². The summed E-state index contributed by atoms with van der Waals surface area (Å²) in [6, 6.07) is 8.85. The van der Waals surface area contributed by atoms with E-state index in [1.165, 1.54) is 16.7 Å². The van der Waals surface area contributed by atoms with Crippen molar-refractivity contribution in [3.8, 4) is 0 Å². The number of benzene rings is 1. The van der Waals surface area contributed by atoms with E-state index in [2.05, 4.69) is 63.8 Å². The first-order chi connectivity index (χ1) is 8.87. The summed E-state index contributed by atoms with van der Waals surface area (Å²) in [5.74, 6) is 0.432. The van der Waals surface area contributed by atoms with Crippen molar-refractivity contribution < 1.29 is 4.43 Å². The first-order valence-corrected chi connectivity index (χ1v) is 10.7. The number of aryl methyl sites for hydroxylation is 1. The minimum absolute atomic E-state index is 0.358. The summed E-state index contributed by atoms with van der Waals surface area (Å²) < 4.78 is 6.44. The minimum Gasteiger partial charge on any atom is -0.414 e. The first-order valence-electron chi connectivity index (χ1n) is 7.27. The lowest BCUT2D eigenvalue weighted by Gasteiger charge is -2.36. The smallest absolute Gasteiger partial charge is 0.184 e. The van der Waals surface area contributed by atoms with Gasteiger partial charge in [0.2, 0.25) is 0 Å². The molecule has 1 aromatic rings. The molecule has 2 atom stereocenters. The van der Waals surface area contributed by atoms with E-state index in [-0.39, 0.29) is 0 Å². The fraction of sp³-hybridized carbons (Fsp3) is 0.529. The van der Waals surface area contributed by atoms with Crippen LogP contribution in [-0.4, -0.2) is 14.4 Å². The Bertz CT molecular complexity index is 466. The average Bonchev–Trinajstić information content (AvgIpc) is 2.30. The van der Waals surface area contributed by atoms with Crippen molar-refractivity contribution in [3.05, 3.63) is 47.0 Å². The molecule has 1 nitrogen and oxygen atoms in total. The quantitative estimate of drug-likeness (QED) is 0.562. The van der Waals surface area contributed by atoms with Crippen LogP contribution in [0.1, 0.15) is 37.3 Å². The second-order valence-corrected chi connectivity index (χ2v) is 11.2. The summed E-state index contributed by atoms with van der Waals surface area (Å²) >= 11 is 0. The molecule has 0 N–H and O–H groups in total. The highest BCUT2D eigenvalue weighted by Crippen LogP contribution is 2.36. The molecule has 0 aliphatic heterocycles. The van der Waals surface area contributed by atoms with Crippen LogP contribution in [0, 0.1) is 0 Å². The van der Waals surface area contributed by atoms with E-state index in [1.54, 1.807) is 0 Å². The zero-order valence-corrected chi connectivity index (χ0v) is 13.9. The number of rotatable bonds is 3. The first kappa shape index (κ1) is 14.5. The Labute approximate surface area is 118 Å². The van der Waals surface area contributed by atoms with Gasteiger partial charge in [0.1, 0.15) is 0 Å². The SMILES string of the molecule is CC(C)=CC1c2ccccc2CCC1O[Si](C)(C)C. The molecule has 0 bridgehead atoms. The highest BCUT2D eigenvalue weighted by atomic mass is 28.4. The molecule has 104 valence electrons. The maximum absolute atomic E-state index is 6.44. The third kappa shape index (κ3) is 3.80. The fourth-order valence-corrected chi connectivity index (χ4v) is 4.08. The molecule has 0 saturated carbocycles. The van der Waals surface area contributed by atoms with Crippen molar-refractivity contribution in [1.29, 1.82) is 0 Å². The molecular formula is C17H26OSi. The lowest BCUT2D eigenvalue weighted by Crippen LogP contribution is -2.37. The molecule has 0 aromatic heterocycles. The Morgan fingerprint density at radius 3 is 2.53 bits per heavy atom. The second-order valence-electron chi connectivity index (χ2n) is 6.78. The van der Waals surface area contributed by atoms with Crippen LogP contribution in [-0.2, 0) is 10.8 Å². The molecule has 2 rings (SSSR count). The molecule has 0 amide bonds. The molecule has 0 heterocycles. The zero-order valence-electron chi connectivity index (χ0n) is 12.9. The van der Waals surface area contributed by atoms with Crippen molar-refractivity contribution >= 4 is 8.32 Å². The summed E-state index contributed by atoms with van der Waals surface area (Å²) in [6.45, 7) is 11.2. The lowest BCUT2D eigenvalue weighted by atomic mass is 9.80. The van der Waals surface area contributed by atoms with Crippen molar-refractivity contribution in [1.82, 2.24) is 0 Å². The van der Waals surface area contributed by atoms with Crippen LogP contribution in [0.15, 0.2) is 35.9 Å². The predicted octanol–water partition coefficient (Wildman–Crippen LogP) is 4.90. The Morgan fingerprint density at radius 1 is 1.21 bits per heavy atom. The van der Waals surface area contributed by atoms with Gasteiger partial charge in [-0.1, -0.05) is 35.9 Å². The van der Waals surface area contributed by atoms with E-state index in [4.69, 9.17) is 4.43 Å². The van der Waals surface area contributed by atoms with Crippen molar-refractivity contribution in [3.63, 3.8) is 0 Å². The van der Waals surface area contributed by atoms with Crippen LogP contribution in [0.3, 0.4) is 0 Å². The minimum atomic E-state index is -1.49. The van der Waals surface area contributed by atoms with Gasteiger partial charge in [0, 0.05) is 5.92 Å². The third-order valence-corrected chi connectivity index (χ3v) is 4.54. The standard InChI is InChI=1S/C17H26OSi/c1-13(2)12-16-15-9-7-6-8-14(15)10-11-17(16)18-19(3,4)5/h6-9,12,16-17H,10-11H2,1-5H3. The van der Waals surface area contributed by atoms with Gasteiger partial charge in [-0.25, -0.2) is 0 Å². The van der Waals surface area contributed by atoms with Gasteiger partial charge < -0.3 is 4.43 Å². The van der Waals surface area contributed by atoms with Gasteiger partial charge in [0.25, 0.3) is 0 Å². The maximum atomic E-state index is 6.44. The predicted molar refractivity (Wildman–Crippen MR) is 85.2 cm³/mol. The molecule has 2 heteroatoms. The number of hydrogen-bond donors (Lipinski definition) is 0. The highest BCUT2D eigenvalue weighted by molar-refractivity contribution is 6.69. The van der Waals surface area contributed by atoms with Gasteiger partial charge in [-0.3, -0.25) is 0 Å². The summed E-state index contributed by atoms with van der Waals surface area (Å²) in [7, 11) is -1.49. The molecule has 1 aliphatic rings. The van der Waals surface area contributed by atoms with Gasteiger partial charge in [-0.2, -0.15) is 0 Å². The van der Waals surface area contributed by atoms with E-state index in [9.17, 15) is 0 Å². The van der Waals surface area contributed by atoms with Gasteiger partial charge in [0.05, 0.1) is 6.10 Å².